The molecule has 0 aromatic carbocycles. The summed E-state index contributed by atoms with van der Waals surface area (Å²) in [6.45, 7) is 6.72. The highest BCUT2D eigenvalue weighted by Gasteiger charge is 2.17. The van der Waals surface area contributed by atoms with E-state index in [1.54, 1.807) is 0 Å². The molecule has 2 unspecified atom stereocenters. The molecule has 17 heavy (non-hydrogen) atoms. The van der Waals surface area contributed by atoms with Crippen molar-refractivity contribution in [2.75, 3.05) is 6.61 Å². The zero-order chi connectivity index (χ0) is 12.7. The van der Waals surface area contributed by atoms with Crippen molar-refractivity contribution in [2.24, 2.45) is 5.73 Å². The zero-order valence-electron chi connectivity index (χ0n) is 11.0. The summed E-state index contributed by atoms with van der Waals surface area (Å²) in [6.07, 6.45) is 3.50. The highest BCUT2D eigenvalue weighted by Crippen LogP contribution is 2.20. The molecule has 0 saturated heterocycles. The first-order valence-electron chi connectivity index (χ1n) is 6.37. The van der Waals surface area contributed by atoms with E-state index >= 15 is 0 Å². The number of hydrogen-bond donors (Lipinski definition) is 1. The zero-order valence-corrected chi connectivity index (χ0v) is 11.0. The molecule has 98 valence electrons. The van der Waals surface area contributed by atoms with Crippen LogP contribution in [0.25, 0.3) is 0 Å². The average Bonchev–Trinajstić information content (AvgIpc) is 2.74. The smallest absolute Gasteiger partial charge is 0.226 e. The van der Waals surface area contributed by atoms with Crippen molar-refractivity contribution >= 4 is 0 Å². The number of ether oxygens (including phenoxy) is 1. The van der Waals surface area contributed by atoms with Crippen molar-refractivity contribution in [3.05, 3.63) is 11.7 Å². The van der Waals surface area contributed by atoms with Crippen molar-refractivity contribution in [1.29, 1.82) is 0 Å². The monoisotopic (exact) mass is 241 g/mol. The third kappa shape index (κ3) is 4.83. The molecule has 2 N–H and O–H groups in total. The largest absolute Gasteiger partial charge is 0.370 e. The Bertz CT molecular complexity index is 306. The Kier molecular flexibility index (Phi) is 6.15. The van der Waals surface area contributed by atoms with E-state index in [9.17, 15) is 0 Å². The summed E-state index contributed by atoms with van der Waals surface area (Å²) in [5.74, 6) is 1.31. The van der Waals surface area contributed by atoms with Crippen LogP contribution in [-0.2, 0) is 11.2 Å². The second kappa shape index (κ2) is 7.40. The molecule has 1 heterocycles. The minimum Gasteiger partial charge on any atom is -0.370 e. The molecule has 0 aliphatic carbocycles. The number of hydrogen-bond acceptors (Lipinski definition) is 5. The third-order valence-electron chi connectivity index (χ3n) is 2.50. The van der Waals surface area contributed by atoms with E-state index in [-0.39, 0.29) is 12.1 Å². The SMILES string of the molecule is CCCC(OCC)c1noc(CCC(C)N)n1. The third-order valence-corrected chi connectivity index (χ3v) is 2.50. The van der Waals surface area contributed by atoms with Crippen LogP contribution in [0.3, 0.4) is 0 Å². The fourth-order valence-corrected chi connectivity index (χ4v) is 1.60. The highest BCUT2D eigenvalue weighted by molar-refractivity contribution is 4.91. The van der Waals surface area contributed by atoms with Gasteiger partial charge in [0.1, 0.15) is 6.10 Å². The summed E-state index contributed by atoms with van der Waals surface area (Å²) in [5, 5.41) is 3.98. The van der Waals surface area contributed by atoms with Gasteiger partial charge in [-0.1, -0.05) is 18.5 Å². The molecule has 0 aliphatic rings. The lowest BCUT2D eigenvalue weighted by molar-refractivity contribution is 0.0477. The number of nitrogens with zero attached hydrogens (tertiary/aromatic N) is 2. The Morgan fingerprint density at radius 1 is 1.35 bits per heavy atom. The van der Waals surface area contributed by atoms with E-state index in [1.165, 1.54) is 0 Å². The van der Waals surface area contributed by atoms with Gasteiger partial charge in [-0.15, -0.1) is 0 Å². The van der Waals surface area contributed by atoms with Crippen molar-refractivity contribution in [1.82, 2.24) is 10.1 Å². The summed E-state index contributed by atoms with van der Waals surface area (Å²) >= 11 is 0. The first-order chi connectivity index (χ1) is 8.17. The maximum atomic E-state index is 5.69. The Balaban J connectivity index is 2.57. The van der Waals surface area contributed by atoms with E-state index in [0.717, 1.165) is 25.7 Å². The number of rotatable bonds is 8. The van der Waals surface area contributed by atoms with E-state index in [1.807, 2.05) is 13.8 Å². The summed E-state index contributed by atoms with van der Waals surface area (Å²) in [6, 6.07) is 0.156. The van der Waals surface area contributed by atoms with Gasteiger partial charge in [-0.3, -0.25) is 0 Å². The van der Waals surface area contributed by atoms with Gasteiger partial charge in [-0.25, -0.2) is 0 Å². The summed E-state index contributed by atoms with van der Waals surface area (Å²) < 4.78 is 10.8. The molecule has 0 bridgehead atoms. The van der Waals surface area contributed by atoms with Gasteiger partial charge in [0.2, 0.25) is 11.7 Å². The molecule has 0 radical (unpaired) electrons. The Labute approximate surface area is 103 Å². The lowest BCUT2D eigenvalue weighted by Crippen LogP contribution is -2.15. The van der Waals surface area contributed by atoms with Crippen LogP contribution in [0.1, 0.15) is 57.9 Å². The molecule has 0 aliphatic heterocycles. The van der Waals surface area contributed by atoms with Gasteiger partial charge in [-0.05, 0) is 26.7 Å². The van der Waals surface area contributed by atoms with Gasteiger partial charge in [0.15, 0.2) is 0 Å². The van der Waals surface area contributed by atoms with Crippen molar-refractivity contribution in [3.63, 3.8) is 0 Å². The topological polar surface area (TPSA) is 74.2 Å². The maximum Gasteiger partial charge on any atom is 0.226 e. The van der Waals surface area contributed by atoms with Crippen molar-refractivity contribution in [2.45, 2.75) is 58.6 Å². The number of aromatic nitrogens is 2. The van der Waals surface area contributed by atoms with Crippen LogP contribution in [-0.4, -0.2) is 22.8 Å². The van der Waals surface area contributed by atoms with Crippen molar-refractivity contribution in [3.8, 4) is 0 Å². The minimum atomic E-state index is -0.0437. The number of nitrogens with two attached hydrogens (primary N) is 1. The fraction of sp³-hybridized carbons (Fsp3) is 0.833. The summed E-state index contributed by atoms with van der Waals surface area (Å²) in [4.78, 5) is 4.36. The second-order valence-corrected chi connectivity index (χ2v) is 4.29. The second-order valence-electron chi connectivity index (χ2n) is 4.29. The lowest BCUT2D eigenvalue weighted by atomic mass is 10.2. The van der Waals surface area contributed by atoms with Crippen LogP contribution >= 0.6 is 0 Å². The highest BCUT2D eigenvalue weighted by atomic mass is 16.5. The first-order valence-corrected chi connectivity index (χ1v) is 6.37. The first kappa shape index (κ1) is 14.1. The van der Waals surface area contributed by atoms with Gasteiger partial charge in [0, 0.05) is 19.1 Å². The van der Waals surface area contributed by atoms with Gasteiger partial charge < -0.3 is 15.0 Å². The Morgan fingerprint density at radius 3 is 2.71 bits per heavy atom. The molecule has 0 saturated carbocycles. The van der Waals surface area contributed by atoms with E-state index in [0.29, 0.717) is 18.3 Å². The number of aryl methyl sites for hydroxylation is 1. The van der Waals surface area contributed by atoms with Gasteiger partial charge in [-0.2, -0.15) is 4.98 Å². The molecule has 5 heteroatoms. The van der Waals surface area contributed by atoms with Gasteiger partial charge in [0.05, 0.1) is 0 Å². The van der Waals surface area contributed by atoms with Crippen LogP contribution in [0.4, 0.5) is 0 Å². The van der Waals surface area contributed by atoms with Crippen LogP contribution < -0.4 is 5.73 Å². The van der Waals surface area contributed by atoms with Gasteiger partial charge in [0.25, 0.3) is 0 Å². The predicted octanol–water partition coefficient (Wildman–Crippen LogP) is 2.23. The van der Waals surface area contributed by atoms with Crippen LogP contribution in [0.15, 0.2) is 4.52 Å². The van der Waals surface area contributed by atoms with Gasteiger partial charge >= 0.3 is 0 Å². The molecule has 0 fully saturated rings. The Hall–Kier alpha value is -0.940. The fourth-order valence-electron chi connectivity index (χ4n) is 1.60. The summed E-state index contributed by atoms with van der Waals surface area (Å²) in [5.41, 5.74) is 5.69. The average molecular weight is 241 g/mol. The molecular formula is C12H23N3O2. The quantitative estimate of drug-likeness (QED) is 0.755. The minimum absolute atomic E-state index is 0.0437. The van der Waals surface area contributed by atoms with Crippen LogP contribution in [0.2, 0.25) is 0 Å². The molecule has 0 amide bonds. The molecular weight excluding hydrogens is 218 g/mol. The summed E-state index contributed by atoms with van der Waals surface area (Å²) in [7, 11) is 0. The Morgan fingerprint density at radius 2 is 2.12 bits per heavy atom. The molecule has 0 spiro atoms. The van der Waals surface area contributed by atoms with Crippen LogP contribution in [0.5, 0.6) is 0 Å². The predicted molar refractivity (Wildman–Crippen MR) is 65.5 cm³/mol. The maximum absolute atomic E-state index is 5.69. The molecule has 2 atom stereocenters. The van der Waals surface area contributed by atoms with E-state index in [2.05, 4.69) is 17.1 Å². The molecule has 1 aromatic heterocycles. The standard InChI is InChI=1S/C12H23N3O2/c1-4-6-10(16-5-2)12-14-11(17-15-12)8-7-9(3)13/h9-10H,4-8,13H2,1-3H3. The molecule has 1 aromatic rings. The van der Waals surface area contributed by atoms with Crippen LogP contribution in [0, 0.1) is 0 Å². The molecule has 1 rings (SSSR count). The van der Waals surface area contributed by atoms with E-state index in [4.69, 9.17) is 15.0 Å². The van der Waals surface area contributed by atoms with Crippen molar-refractivity contribution < 1.29 is 9.26 Å². The lowest BCUT2D eigenvalue weighted by Gasteiger charge is -2.11. The normalized spacial score (nSPS) is 14.8. The molecule has 5 nitrogen and oxygen atoms in total. The van der Waals surface area contributed by atoms with E-state index < -0.39 is 0 Å².